The molecule has 0 atom stereocenters. The highest BCUT2D eigenvalue weighted by Gasteiger charge is 2.19. The minimum Gasteiger partial charge on any atom is -0.381 e. The number of halogens is 1. The van der Waals surface area contributed by atoms with Crippen LogP contribution in [-0.4, -0.2) is 32.2 Å². The number of hydrogen-bond donors (Lipinski definition) is 0. The summed E-state index contributed by atoms with van der Waals surface area (Å²) >= 11 is 5.37. The van der Waals surface area contributed by atoms with Gasteiger partial charge in [0.15, 0.2) is 0 Å². The Morgan fingerprint density at radius 3 is 1.66 bits per heavy atom. The predicted octanol–water partition coefficient (Wildman–Crippen LogP) is 12.1. The molecule has 0 unspecified atom stereocenters. The molecular weight excluding hydrogens is 486 g/mol. The third-order valence-electron chi connectivity index (χ3n) is 5.67. The Morgan fingerprint density at radius 1 is 0.895 bits per heavy atom. The van der Waals surface area contributed by atoms with E-state index in [9.17, 15) is 0 Å². The molecule has 1 aliphatic carbocycles. The number of allylic oxidation sites excluding steroid dienone is 8. The highest BCUT2D eigenvalue weighted by molar-refractivity contribution is 6.29. The van der Waals surface area contributed by atoms with E-state index in [1.165, 1.54) is 50.5 Å². The lowest BCUT2D eigenvalue weighted by atomic mass is 9.85. The van der Waals surface area contributed by atoms with Gasteiger partial charge >= 0.3 is 0 Å². The molecule has 0 aliphatic heterocycles. The van der Waals surface area contributed by atoms with Crippen molar-refractivity contribution in [2.24, 2.45) is 5.92 Å². The van der Waals surface area contributed by atoms with Crippen molar-refractivity contribution in [3.63, 3.8) is 0 Å². The van der Waals surface area contributed by atoms with Crippen LogP contribution in [0, 0.1) is 5.92 Å². The van der Waals surface area contributed by atoms with Gasteiger partial charge in [-0.15, -0.1) is 0 Å². The molecule has 1 fully saturated rings. The molecule has 1 rings (SSSR count). The van der Waals surface area contributed by atoms with E-state index in [1.807, 2.05) is 72.8 Å². The number of rotatable bonds is 10. The van der Waals surface area contributed by atoms with E-state index in [4.69, 9.17) is 16.3 Å². The second-order valence-electron chi connectivity index (χ2n) is 9.05. The molecule has 0 bridgehead atoms. The van der Waals surface area contributed by atoms with Gasteiger partial charge in [-0.3, -0.25) is 0 Å². The molecule has 0 heterocycles. The van der Waals surface area contributed by atoms with Crippen LogP contribution >= 0.6 is 11.6 Å². The van der Waals surface area contributed by atoms with Crippen LogP contribution in [-0.2, 0) is 4.74 Å². The second kappa shape index (κ2) is 35.5. The van der Waals surface area contributed by atoms with Gasteiger partial charge in [0.25, 0.3) is 0 Å². The summed E-state index contributed by atoms with van der Waals surface area (Å²) in [4.78, 5) is 2.37. The van der Waals surface area contributed by atoms with Gasteiger partial charge in [-0.05, 0) is 70.9 Å². The van der Waals surface area contributed by atoms with E-state index in [-0.39, 0.29) is 0 Å². The summed E-state index contributed by atoms with van der Waals surface area (Å²) in [6.45, 7) is 27.4. The normalized spacial score (nSPS) is 14.6. The van der Waals surface area contributed by atoms with Crippen LogP contribution in [0.5, 0.6) is 0 Å². The van der Waals surface area contributed by atoms with Crippen molar-refractivity contribution in [1.29, 1.82) is 0 Å². The Labute approximate surface area is 245 Å². The van der Waals surface area contributed by atoms with Gasteiger partial charge in [0, 0.05) is 24.8 Å². The Bertz CT molecular complexity index is 616. The molecular formula is C35H66ClNO. The highest BCUT2D eigenvalue weighted by atomic mass is 35.5. The topological polar surface area (TPSA) is 12.5 Å². The standard InChI is InChI=1S/C18H33N.C8H14O.C5H7Cl.2C2H6/c1-6-15(2)14-16(3)18(19(4)5)17-12-10-8-7-9-11-13-17;1-3-5-7-9-8-6-4-2;1-3-4-5(2)6;2*1-2/h17H,2,6-14H2,1,3-5H3;3-6H,7-8H2,1-2H3;3-4H,1H2,2H3;2*1-2H3/b;5-3-,6-4+;5-4+;;. The minimum absolute atomic E-state index is 0.723. The lowest BCUT2D eigenvalue weighted by Gasteiger charge is -2.30. The van der Waals surface area contributed by atoms with E-state index in [0.717, 1.165) is 37.0 Å². The number of ether oxygens (including phenoxy) is 1. The number of hydrogen-bond acceptors (Lipinski definition) is 2. The van der Waals surface area contributed by atoms with Crippen molar-refractivity contribution in [2.75, 3.05) is 27.3 Å². The largest absolute Gasteiger partial charge is 0.381 e. The van der Waals surface area contributed by atoms with Crippen molar-refractivity contribution < 1.29 is 4.74 Å². The van der Waals surface area contributed by atoms with Crippen LogP contribution in [0.3, 0.4) is 0 Å². The molecule has 0 amide bonds. The zero-order chi connectivity index (χ0) is 30.2. The molecule has 3 heteroatoms. The predicted molar refractivity (Wildman–Crippen MR) is 179 cm³/mol. The monoisotopic (exact) mass is 551 g/mol. The van der Waals surface area contributed by atoms with Gasteiger partial charge in [0.2, 0.25) is 0 Å². The van der Waals surface area contributed by atoms with Crippen LogP contribution in [0.2, 0.25) is 0 Å². The molecule has 0 radical (unpaired) electrons. The van der Waals surface area contributed by atoms with Crippen molar-refractivity contribution in [1.82, 2.24) is 4.90 Å². The van der Waals surface area contributed by atoms with Gasteiger partial charge in [0.05, 0.1) is 13.2 Å². The molecule has 0 saturated heterocycles. The summed E-state index contributed by atoms with van der Waals surface area (Å²) < 4.78 is 5.14. The maximum Gasteiger partial charge on any atom is 0.0651 e. The molecule has 224 valence electrons. The lowest BCUT2D eigenvalue weighted by molar-refractivity contribution is 0.194. The van der Waals surface area contributed by atoms with Crippen LogP contribution in [0.25, 0.3) is 0 Å². The molecule has 38 heavy (non-hydrogen) atoms. The first-order valence-electron chi connectivity index (χ1n) is 15.0. The van der Waals surface area contributed by atoms with E-state index in [0.29, 0.717) is 0 Å². The van der Waals surface area contributed by atoms with Crippen LogP contribution < -0.4 is 0 Å². The van der Waals surface area contributed by atoms with Crippen molar-refractivity contribution in [3.05, 3.63) is 71.5 Å². The summed E-state index contributed by atoms with van der Waals surface area (Å²) in [6.07, 6.45) is 23.4. The first-order valence-corrected chi connectivity index (χ1v) is 15.4. The fraction of sp³-hybridized carbons (Fsp3) is 0.657. The smallest absolute Gasteiger partial charge is 0.0651 e. The highest BCUT2D eigenvalue weighted by Crippen LogP contribution is 2.32. The Hall–Kier alpha value is -1.51. The first-order chi connectivity index (χ1) is 18.2. The van der Waals surface area contributed by atoms with Gasteiger partial charge in [0.1, 0.15) is 0 Å². The van der Waals surface area contributed by atoms with Crippen molar-refractivity contribution >= 4 is 11.6 Å². The fourth-order valence-corrected chi connectivity index (χ4v) is 4.06. The average molecular weight is 552 g/mol. The molecule has 0 aromatic carbocycles. The summed E-state index contributed by atoms with van der Waals surface area (Å²) in [6, 6.07) is 0. The van der Waals surface area contributed by atoms with E-state index < -0.39 is 0 Å². The Balaban J connectivity index is -0.000000253. The molecule has 1 saturated carbocycles. The molecule has 0 aromatic rings. The molecule has 0 spiro atoms. The van der Waals surface area contributed by atoms with Crippen LogP contribution in [0.4, 0.5) is 0 Å². The van der Waals surface area contributed by atoms with Crippen molar-refractivity contribution in [3.8, 4) is 0 Å². The number of nitrogens with zero attached hydrogens (tertiary/aromatic N) is 1. The molecule has 0 N–H and O–H groups in total. The zero-order valence-electron chi connectivity index (χ0n) is 27.5. The Morgan fingerprint density at radius 2 is 1.34 bits per heavy atom. The van der Waals surface area contributed by atoms with Crippen LogP contribution in [0.15, 0.2) is 71.5 Å². The quantitative estimate of drug-likeness (QED) is 0.152. The van der Waals surface area contributed by atoms with Crippen molar-refractivity contribution in [2.45, 2.75) is 120 Å². The minimum atomic E-state index is 0.723. The lowest BCUT2D eigenvalue weighted by Crippen LogP contribution is -2.22. The maximum atomic E-state index is 5.37. The maximum absolute atomic E-state index is 5.37. The Kier molecular flexibility index (Phi) is 40.7. The van der Waals surface area contributed by atoms with E-state index in [2.05, 4.69) is 46.0 Å². The van der Waals surface area contributed by atoms with E-state index in [1.54, 1.807) is 23.4 Å². The van der Waals surface area contributed by atoms with Gasteiger partial charge in [-0.2, -0.15) is 0 Å². The second-order valence-corrected chi connectivity index (χ2v) is 9.64. The molecule has 0 aromatic heterocycles. The van der Waals surface area contributed by atoms with Gasteiger partial charge < -0.3 is 9.64 Å². The first kappa shape index (κ1) is 43.5. The third-order valence-corrected chi connectivity index (χ3v) is 5.80. The summed E-state index contributed by atoms with van der Waals surface area (Å²) in [7, 11) is 4.43. The molecule has 2 nitrogen and oxygen atoms in total. The van der Waals surface area contributed by atoms with Gasteiger partial charge in [-0.25, -0.2) is 0 Å². The van der Waals surface area contributed by atoms with Crippen LogP contribution in [0.1, 0.15) is 120 Å². The summed E-state index contributed by atoms with van der Waals surface area (Å²) in [5.74, 6) is 0.778. The average Bonchev–Trinajstić information content (AvgIpc) is 2.88. The van der Waals surface area contributed by atoms with Gasteiger partial charge in [-0.1, -0.05) is 127 Å². The zero-order valence-corrected chi connectivity index (χ0v) is 28.2. The summed E-state index contributed by atoms with van der Waals surface area (Å²) in [5, 5.41) is 0.769. The SMILES string of the molecule is C/C=C\COC/C=C/C.C=C(CC)CC(C)=C(C1CCCCCCC1)N(C)C.C=C/C=C(\C)Cl.CC.CC. The molecule has 1 aliphatic rings. The van der Waals surface area contributed by atoms with E-state index >= 15 is 0 Å². The summed E-state index contributed by atoms with van der Waals surface area (Å²) in [5.41, 5.74) is 4.50. The fourth-order valence-electron chi connectivity index (χ4n) is 3.97. The third kappa shape index (κ3) is 30.7.